The van der Waals surface area contributed by atoms with Gasteiger partial charge in [-0.3, -0.25) is 9.69 Å². The quantitative estimate of drug-likeness (QED) is 0.709. The fourth-order valence-corrected chi connectivity index (χ4v) is 3.70. The van der Waals surface area contributed by atoms with E-state index >= 15 is 0 Å². The molecule has 1 amide bonds. The van der Waals surface area contributed by atoms with Crippen molar-refractivity contribution in [3.8, 4) is 0 Å². The van der Waals surface area contributed by atoms with Crippen LogP contribution in [0.3, 0.4) is 0 Å². The molecule has 1 atom stereocenters. The van der Waals surface area contributed by atoms with Gasteiger partial charge in [-0.25, -0.2) is 4.98 Å². The third kappa shape index (κ3) is 3.98. The van der Waals surface area contributed by atoms with E-state index in [0.29, 0.717) is 30.3 Å². The summed E-state index contributed by atoms with van der Waals surface area (Å²) in [5, 5.41) is 3.77. The van der Waals surface area contributed by atoms with E-state index in [9.17, 15) is 4.79 Å². The molecule has 140 valence electrons. The van der Waals surface area contributed by atoms with Crippen LogP contribution in [0.25, 0.3) is 11.0 Å². The number of fused-ring (bicyclic) bond motifs is 1. The molecule has 0 radical (unpaired) electrons. The van der Waals surface area contributed by atoms with Crippen molar-refractivity contribution in [1.29, 1.82) is 0 Å². The van der Waals surface area contributed by atoms with Crippen LogP contribution in [0.4, 0.5) is 0 Å². The Morgan fingerprint density at radius 2 is 2.07 bits per heavy atom. The minimum atomic E-state index is -0.114. The Hall–Kier alpha value is -2.41. The molecule has 1 saturated heterocycles. The number of rotatable bonds is 5. The summed E-state index contributed by atoms with van der Waals surface area (Å²) in [5.74, 6) is -0.114. The molecule has 0 unspecified atom stereocenters. The topological polar surface area (TPSA) is 70.2 Å². The van der Waals surface area contributed by atoms with Gasteiger partial charge in [0.05, 0.1) is 36.6 Å². The van der Waals surface area contributed by atoms with Crippen LogP contribution in [0.1, 0.15) is 22.0 Å². The van der Waals surface area contributed by atoms with Gasteiger partial charge in [-0.1, -0.05) is 29.8 Å². The molecular formula is C20H21ClN4O2. The van der Waals surface area contributed by atoms with Crippen LogP contribution in [-0.4, -0.2) is 53.6 Å². The first-order chi connectivity index (χ1) is 13.2. The lowest BCUT2D eigenvalue weighted by atomic mass is 10.0. The van der Waals surface area contributed by atoms with Crippen molar-refractivity contribution < 1.29 is 9.53 Å². The van der Waals surface area contributed by atoms with Gasteiger partial charge in [-0.15, -0.1) is 0 Å². The molecule has 1 aliphatic heterocycles. The van der Waals surface area contributed by atoms with Gasteiger partial charge in [-0.2, -0.15) is 0 Å². The van der Waals surface area contributed by atoms with E-state index in [1.807, 2.05) is 36.4 Å². The predicted octanol–water partition coefficient (Wildman–Crippen LogP) is 3.02. The van der Waals surface area contributed by atoms with Crippen molar-refractivity contribution in [2.24, 2.45) is 0 Å². The van der Waals surface area contributed by atoms with Crippen molar-refractivity contribution >= 4 is 28.5 Å². The Kier molecular flexibility index (Phi) is 5.38. The molecule has 2 aromatic carbocycles. The minimum absolute atomic E-state index is 0.00226. The van der Waals surface area contributed by atoms with Gasteiger partial charge in [0.2, 0.25) is 0 Å². The lowest BCUT2D eigenvalue weighted by molar-refractivity contribution is 0.0162. The highest BCUT2D eigenvalue weighted by atomic mass is 35.5. The Labute approximate surface area is 162 Å². The van der Waals surface area contributed by atoms with Gasteiger partial charge in [0, 0.05) is 30.2 Å². The number of nitrogens with zero attached hydrogens (tertiary/aromatic N) is 2. The molecule has 3 aromatic rings. The number of ether oxygens (including phenoxy) is 1. The summed E-state index contributed by atoms with van der Waals surface area (Å²) < 4.78 is 5.47. The SMILES string of the molecule is O=C(NC[C@@H](c1ccccc1Cl)N1CCOCC1)c1ccc2nc[nH]c2c1. The number of halogens is 1. The number of imidazole rings is 1. The zero-order chi connectivity index (χ0) is 18.6. The molecule has 27 heavy (non-hydrogen) atoms. The molecule has 6 nitrogen and oxygen atoms in total. The van der Waals surface area contributed by atoms with E-state index in [-0.39, 0.29) is 11.9 Å². The van der Waals surface area contributed by atoms with Gasteiger partial charge in [-0.05, 0) is 29.8 Å². The molecule has 2 heterocycles. The number of benzene rings is 2. The first kappa shape index (κ1) is 18.0. The molecule has 2 N–H and O–H groups in total. The summed E-state index contributed by atoms with van der Waals surface area (Å²) in [6.45, 7) is 3.47. The van der Waals surface area contributed by atoms with Crippen LogP contribution in [0.2, 0.25) is 5.02 Å². The molecule has 4 rings (SSSR count). The number of H-pyrrole nitrogens is 1. The summed E-state index contributed by atoms with van der Waals surface area (Å²) in [6, 6.07) is 13.2. The largest absolute Gasteiger partial charge is 0.379 e. The monoisotopic (exact) mass is 384 g/mol. The van der Waals surface area contributed by atoms with Crippen LogP contribution in [0.15, 0.2) is 48.8 Å². The maximum absolute atomic E-state index is 12.7. The molecule has 0 saturated carbocycles. The molecule has 7 heteroatoms. The summed E-state index contributed by atoms with van der Waals surface area (Å²) in [4.78, 5) is 22.2. The summed E-state index contributed by atoms with van der Waals surface area (Å²) in [6.07, 6.45) is 1.62. The highest BCUT2D eigenvalue weighted by molar-refractivity contribution is 6.31. The van der Waals surface area contributed by atoms with Gasteiger partial charge in [0.1, 0.15) is 0 Å². The van der Waals surface area contributed by atoms with Gasteiger partial charge in [0.25, 0.3) is 5.91 Å². The summed E-state index contributed by atoms with van der Waals surface area (Å²) in [7, 11) is 0. The van der Waals surface area contributed by atoms with Crippen LogP contribution in [0.5, 0.6) is 0 Å². The number of hydrogen-bond acceptors (Lipinski definition) is 4. The standard InChI is InChI=1S/C20H21ClN4O2/c21-16-4-2-1-3-15(16)19(25-7-9-27-10-8-25)12-22-20(26)14-5-6-17-18(11-14)24-13-23-17/h1-6,11,13,19H,7-10,12H2,(H,22,26)(H,23,24)/t19-/m0/s1. The van der Waals surface area contributed by atoms with E-state index in [1.54, 1.807) is 12.4 Å². The van der Waals surface area contributed by atoms with E-state index in [4.69, 9.17) is 16.3 Å². The number of nitrogens with one attached hydrogen (secondary N) is 2. The molecule has 1 aromatic heterocycles. The highest BCUT2D eigenvalue weighted by Crippen LogP contribution is 2.28. The Balaban J connectivity index is 1.52. The second-order valence-corrected chi connectivity index (χ2v) is 6.94. The van der Waals surface area contributed by atoms with Gasteiger partial charge >= 0.3 is 0 Å². The van der Waals surface area contributed by atoms with Crippen LogP contribution in [0, 0.1) is 0 Å². The fraction of sp³-hybridized carbons (Fsp3) is 0.300. The molecule has 1 aliphatic rings. The lowest BCUT2D eigenvalue weighted by Gasteiger charge is -2.35. The Morgan fingerprint density at radius 3 is 2.89 bits per heavy atom. The fourth-order valence-electron chi connectivity index (χ4n) is 3.44. The zero-order valence-corrected chi connectivity index (χ0v) is 15.6. The molecule has 0 aliphatic carbocycles. The zero-order valence-electron chi connectivity index (χ0n) is 14.8. The molecule has 1 fully saturated rings. The minimum Gasteiger partial charge on any atom is -0.379 e. The molecule has 0 spiro atoms. The number of carbonyl (C=O) groups excluding carboxylic acids is 1. The van der Waals surface area contributed by atoms with Crippen molar-refractivity contribution in [1.82, 2.24) is 20.2 Å². The van der Waals surface area contributed by atoms with Crippen LogP contribution < -0.4 is 5.32 Å². The van der Waals surface area contributed by atoms with Gasteiger partial charge in [0.15, 0.2) is 0 Å². The van der Waals surface area contributed by atoms with E-state index in [2.05, 4.69) is 20.2 Å². The first-order valence-corrected chi connectivity index (χ1v) is 9.38. The van der Waals surface area contributed by atoms with Crippen molar-refractivity contribution in [3.63, 3.8) is 0 Å². The third-order valence-electron chi connectivity index (χ3n) is 4.89. The maximum Gasteiger partial charge on any atom is 0.251 e. The number of aromatic nitrogens is 2. The van der Waals surface area contributed by atoms with Crippen molar-refractivity contribution in [2.75, 3.05) is 32.8 Å². The second-order valence-electron chi connectivity index (χ2n) is 6.53. The number of carbonyl (C=O) groups is 1. The highest BCUT2D eigenvalue weighted by Gasteiger charge is 2.25. The van der Waals surface area contributed by atoms with Crippen molar-refractivity contribution in [3.05, 3.63) is 64.9 Å². The first-order valence-electron chi connectivity index (χ1n) is 9.00. The van der Waals surface area contributed by atoms with E-state index < -0.39 is 0 Å². The molecular weight excluding hydrogens is 364 g/mol. The number of aromatic amines is 1. The normalized spacial score (nSPS) is 16.3. The average Bonchev–Trinajstić information content (AvgIpc) is 3.18. The van der Waals surface area contributed by atoms with Crippen molar-refractivity contribution in [2.45, 2.75) is 6.04 Å². The summed E-state index contributed by atoms with van der Waals surface area (Å²) in [5.41, 5.74) is 3.31. The predicted molar refractivity (Wildman–Crippen MR) is 105 cm³/mol. The van der Waals surface area contributed by atoms with Gasteiger partial charge < -0.3 is 15.0 Å². The Morgan fingerprint density at radius 1 is 1.26 bits per heavy atom. The lowest BCUT2D eigenvalue weighted by Crippen LogP contribution is -2.44. The molecule has 0 bridgehead atoms. The van der Waals surface area contributed by atoms with E-state index in [0.717, 1.165) is 29.7 Å². The second kappa shape index (κ2) is 8.08. The van der Waals surface area contributed by atoms with E-state index in [1.165, 1.54) is 0 Å². The third-order valence-corrected chi connectivity index (χ3v) is 5.23. The maximum atomic E-state index is 12.7. The van der Waals surface area contributed by atoms with Crippen LogP contribution in [-0.2, 0) is 4.74 Å². The number of hydrogen-bond donors (Lipinski definition) is 2. The van der Waals surface area contributed by atoms with Crippen LogP contribution >= 0.6 is 11.6 Å². The number of morpholine rings is 1. The number of amides is 1. The summed E-state index contributed by atoms with van der Waals surface area (Å²) >= 11 is 6.44. The Bertz CT molecular complexity index is 936. The smallest absolute Gasteiger partial charge is 0.251 e. The average molecular weight is 385 g/mol.